The summed E-state index contributed by atoms with van der Waals surface area (Å²) in [6.45, 7) is -0.462. The van der Waals surface area contributed by atoms with E-state index in [1.54, 1.807) is 18.2 Å². The summed E-state index contributed by atoms with van der Waals surface area (Å²) in [4.78, 5) is 23.1. The normalized spacial score (nSPS) is 10.9. The van der Waals surface area contributed by atoms with E-state index in [1.807, 2.05) is 51.3 Å². The van der Waals surface area contributed by atoms with E-state index in [4.69, 9.17) is 33.0 Å². The average molecular weight is 643 g/mol. The Morgan fingerprint density at radius 1 is 1.18 bits per heavy atom. The molecule has 144 valence electrons. The maximum absolute atomic E-state index is 12.4. The van der Waals surface area contributed by atoms with Crippen LogP contribution in [-0.2, 0) is 9.59 Å². The van der Waals surface area contributed by atoms with Crippen LogP contribution in [0.4, 0.5) is 5.69 Å². The van der Waals surface area contributed by atoms with Crippen LogP contribution in [0.1, 0.15) is 5.56 Å². The number of hydrogen-bond donors (Lipinski definition) is 2. The van der Waals surface area contributed by atoms with Crippen molar-refractivity contribution >= 4 is 92.0 Å². The lowest BCUT2D eigenvalue weighted by Crippen LogP contribution is -2.13. The molecule has 0 aliphatic carbocycles. The Morgan fingerprint density at radius 3 is 2.36 bits per heavy atom. The van der Waals surface area contributed by atoms with Crippen LogP contribution < -0.4 is 10.1 Å². The Balaban J connectivity index is 2.25. The molecule has 2 aromatic carbocycles. The number of carboxylic acids is 1. The number of rotatable bonds is 6. The summed E-state index contributed by atoms with van der Waals surface area (Å²) in [6, 6.07) is 9.83. The first-order valence-electron chi connectivity index (χ1n) is 7.43. The smallest absolute Gasteiger partial charge is 0.341 e. The van der Waals surface area contributed by atoms with Crippen molar-refractivity contribution in [1.29, 1.82) is 5.26 Å². The second-order valence-corrected chi connectivity index (χ2v) is 8.39. The van der Waals surface area contributed by atoms with Crippen LogP contribution in [0.3, 0.4) is 0 Å². The number of nitriles is 1. The van der Waals surface area contributed by atoms with Crippen LogP contribution in [0.15, 0.2) is 35.9 Å². The highest BCUT2D eigenvalue weighted by Crippen LogP contribution is 2.30. The zero-order valence-electron chi connectivity index (χ0n) is 13.8. The van der Waals surface area contributed by atoms with Crippen molar-refractivity contribution < 1.29 is 19.4 Å². The van der Waals surface area contributed by atoms with E-state index >= 15 is 0 Å². The molecule has 0 atom stereocenters. The maximum atomic E-state index is 12.4. The number of aliphatic carboxylic acids is 1. The predicted octanol–water partition coefficient (Wildman–Crippen LogP) is 5.21. The van der Waals surface area contributed by atoms with Gasteiger partial charge in [0.05, 0.1) is 17.2 Å². The monoisotopic (exact) mass is 642 g/mol. The van der Waals surface area contributed by atoms with Crippen LogP contribution in [-0.4, -0.2) is 23.6 Å². The zero-order valence-corrected chi connectivity index (χ0v) is 19.6. The van der Waals surface area contributed by atoms with E-state index in [-0.39, 0.29) is 10.6 Å². The minimum absolute atomic E-state index is 0.114. The van der Waals surface area contributed by atoms with Crippen molar-refractivity contribution in [2.24, 2.45) is 0 Å². The standard InChI is InChI=1S/C18H10Cl2I2N2O4/c19-12-2-1-11(6-13(12)20)24-18(27)10(7-23)3-9-4-14(21)17(15(22)5-9)28-8-16(25)26/h1-6H,8H2,(H,24,27)(H,25,26)/b10-3-. The number of carbonyl (C=O) groups is 2. The number of ether oxygens (including phenoxy) is 1. The fraction of sp³-hybridized carbons (Fsp3) is 0.0556. The van der Waals surface area contributed by atoms with Crippen LogP contribution in [0, 0.1) is 18.5 Å². The van der Waals surface area contributed by atoms with Crippen LogP contribution in [0.2, 0.25) is 10.0 Å². The van der Waals surface area contributed by atoms with Gasteiger partial charge in [0.25, 0.3) is 5.91 Å². The third kappa shape index (κ3) is 6.23. The Labute approximate surface area is 197 Å². The first-order chi connectivity index (χ1) is 13.2. The molecule has 6 nitrogen and oxygen atoms in total. The number of amides is 1. The largest absolute Gasteiger partial charge is 0.480 e. The SMILES string of the molecule is N#C/C(=C/c1cc(I)c(OCC(=O)O)c(I)c1)C(=O)Nc1ccc(Cl)c(Cl)c1. The molecular formula is C18H10Cl2I2N2O4. The van der Waals surface area contributed by atoms with Crippen molar-refractivity contribution in [3.63, 3.8) is 0 Å². The van der Waals surface area contributed by atoms with Gasteiger partial charge in [-0.05, 0) is 87.2 Å². The Bertz CT molecular complexity index is 996. The number of halogens is 4. The lowest BCUT2D eigenvalue weighted by Gasteiger charge is -2.10. The Hall–Kier alpha value is -1.55. The second kappa shape index (κ2) is 10.3. The summed E-state index contributed by atoms with van der Waals surface area (Å²) < 4.78 is 6.56. The van der Waals surface area contributed by atoms with Gasteiger partial charge >= 0.3 is 5.97 Å². The minimum atomic E-state index is -1.08. The van der Waals surface area contributed by atoms with Crippen LogP contribution >= 0.6 is 68.4 Å². The van der Waals surface area contributed by atoms with E-state index in [0.29, 0.717) is 29.2 Å². The van der Waals surface area contributed by atoms with Gasteiger partial charge in [-0.25, -0.2) is 4.79 Å². The molecule has 0 aliphatic heterocycles. The fourth-order valence-corrected chi connectivity index (χ4v) is 4.45. The number of nitrogens with one attached hydrogen (secondary N) is 1. The van der Waals surface area contributed by atoms with E-state index in [2.05, 4.69) is 5.32 Å². The third-order valence-electron chi connectivity index (χ3n) is 3.21. The number of anilines is 1. The molecule has 2 aromatic rings. The van der Waals surface area contributed by atoms with Gasteiger partial charge < -0.3 is 15.2 Å². The van der Waals surface area contributed by atoms with E-state index < -0.39 is 18.5 Å². The highest BCUT2D eigenvalue weighted by Gasteiger charge is 2.14. The minimum Gasteiger partial charge on any atom is -0.480 e. The molecule has 0 heterocycles. The zero-order chi connectivity index (χ0) is 20.8. The third-order valence-corrected chi connectivity index (χ3v) is 5.56. The number of nitrogens with zero attached hydrogens (tertiary/aromatic N) is 1. The topological polar surface area (TPSA) is 99.4 Å². The van der Waals surface area contributed by atoms with Crippen molar-refractivity contribution in [2.45, 2.75) is 0 Å². The molecule has 0 radical (unpaired) electrons. The Kier molecular flexibility index (Phi) is 8.36. The molecule has 0 saturated heterocycles. The fourth-order valence-electron chi connectivity index (χ4n) is 2.02. The second-order valence-electron chi connectivity index (χ2n) is 5.25. The van der Waals surface area contributed by atoms with Crippen molar-refractivity contribution in [2.75, 3.05) is 11.9 Å². The molecule has 10 heteroatoms. The van der Waals surface area contributed by atoms with Gasteiger partial charge in [-0.3, -0.25) is 4.79 Å². The molecule has 0 saturated carbocycles. The molecule has 2 N–H and O–H groups in total. The van der Waals surface area contributed by atoms with E-state index in [1.165, 1.54) is 18.2 Å². The molecule has 1 amide bonds. The number of benzene rings is 2. The van der Waals surface area contributed by atoms with E-state index in [9.17, 15) is 14.9 Å². The lowest BCUT2D eigenvalue weighted by atomic mass is 10.1. The molecule has 0 aromatic heterocycles. The summed E-state index contributed by atoms with van der Waals surface area (Å²) in [7, 11) is 0. The first-order valence-corrected chi connectivity index (χ1v) is 10.3. The van der Waals surface area contributed by atoms with Gasteiger partial charge in [0, 0.05) is 5.69 Å². The van der Waals surface area contributed by atoms with Crippen molar-refractivity contribution in [3.05, 3.63) is 58.7 Å². The molecule has 0 fully saturated rings. The highest BCUT2D eigenvalue weighted by atomic mass is 127. The van der Waals surface area contributed by atoms with Crippen LogP contribution in [0.5, 0.6) is 5.75 Å². The maximum Gasteiger partial charge on any atom is 0.341 e. The van der Waals surface area contributed by atoms with Gasteiger partial charge in [-0.1, -0.05) is 23.2 Å². The van der Waals surface area contributed by atoms with Gasteiger partial charge in [-0.2, -0.15) is 5.26 Å². The van der Waals surface area contributed by atoms with Gasteiger partial charge in [0.15, 0.2) is 6.61 Å². The molecule has 0 bridgehead atoms. The number of hydrogen-bond acceptors (Lipinski definition) is 4. The summed E-state index contributed by atoms with van der Waals surface area (Å²) in [5.74, 6) is -1.25. The summed E-state index contributed by atoms with van der Waals surface area (Å²) >= 11 is 15.8. The van der Waals surface area contributed by atoms with Crippen molar-refractivity contribution in [1.82, 2.24) is 0 Å². The van der Waals surface area contributed by atoms with E-state index in [0.717, 1.165) is 0 Å². The van der Waals surface area contributed by atoms with Crippen molar-refractivity contribution in [3.8, 4) is 11.8 Å². The summed E-state index contributed by atoms with van der Waals surface area (Å²) in [5.41, 5.74) is 0.885. The molecule has 28 heavy (non-hydrogen) atoms. The Morgan fingerprint density at radius 2 is 1.82 bits per heavy atom. The van der Waals surface area contributed by atoms with Gasteiger partial charge in [0.1, 0.15) is 17.4 Å². The summed E-state index contributed by atoms with van der Waals surface area (Å²) in [5, 5.41) is 21.3. The lowest BCUT2D eigenvalue weighted by molar-refractivity contribution is -0.139. The summed E-state index contributed by atoms with van der Waals surface area (Å²) in [6.07, 6.45) is 1.43. The molecular weight excluding hydrogens is 633 g/mol. The average Bonchev–Trinajstić information content (AvgIpc) is 2.61. The molecule has 0 aliphatic rings. The predicted molar refractivity (Wildman–Crippen MR) is 124 cm³/mol. The first kappa shape index (κ1) is 22.7. The van der Waals surface area contributed by atoms with Gasteiger partial charge in [0.2, 0.25) is 0 Å². The quantitative estimate of drug-likeness (QED) is 0.256. The molecule has 0 unspecified atom stereocenters. The number of carbonyl (C=O) groups excluding carboxylic acids is 1. The number of carboxylic acid groups (broad SMARTS) is 1. The van der Waals surface area contributed by atoms with Gasteiger partial charge in [-0.15, -0.1) is 0 Å². The van der Waals surface area contributed by atoms with Crippen LogP contribution in [0.25, 0.3) is 6.08 Å². The highest BCUT2D eigenvalue weighted by molar-refractivity contribution is 14.1. The molecule has 0 spiro atoms. The molecule has 2 rings (SSSR count).